The van der Waals surface area contributed by atoms with Crippen molar-refractivity contribution in [3.05, 3.63) is 94.9 Å². The van der Waals surface area contributed by atoms with Gasteiger partial charge in [0.1, 0.15) is 11.2 Å². The van der Waals surface area contributed by atoms with E-state index in [1.54, 1.807) is 0 Å². The number of hydrogen-bond acceptors (Lipinski definition) is 3. The van der Waals surface area contributed by atoms with Gasteiger partial charge in [-0.15, -0.1) is 0 Å². The molecule has 5 rings (SSSR count). The number of para-hydroxylation sites is 3. The lowest BCUT2D eigenvalue weighted by molar-refractivity contribution is -0.665. The van der Waals surface area contributed by atoms with Gasteiger partial charge in [0.2, 0.25) is 11.4 Å². The standard InChI is InChI=1S/C30H33N2OS/c1-5-31-24-13-7-9-15-26(24)33-28(31)17-11-12-22-18-23(21-30(3,4)20-22)19-29-32(6-2)25-14-8-10-16-27(25)34-29/h7-19H,5-6,20-21H2,1-4H3/q+1. The van der Waals surface area contributed by atoms with Crippen molar-refractivity contribution < 1.29 is 9.30 Å². The van der Waals surface area contributed by atoms with Gasteiger partial charge >= 0.3 is 0 Å². The molecule has 0 fully saturated rings. The quantitative estimate of drug-likeness (QED) is 0.357. The highest BCUT2D eigenvalue weighted by Crippen LogP contribution is 2.40. The van der Waals surface area contributed by atoms with Crippen molar-refractivity contribution in [1.82, 2.24) is 0 Å². The number of hydrogen-bond donors (Lipinski definition) is 0. The minimum Gasteiger partial charge on any atom is -0.439 e. The Morgan fingerprint density at radius 2 is 1.85 bits per heavy atom. The molecule has 1 aromatic heterocycles. The van der Waals surface area contributed by atoms with E-state index in [0.29, 0.717) is 0 Å². The summed E-state index contributed by atoms with van der Waals surface area (Å²) < 4.78 is 9.87. The summed E-state index contributed by atoms with van der Waals surface area (Å²) in [7, 11) is 0. The normalized spacial score (nSPS) is 19.8. The Morgan fingerprint density at radius 1 is 1.06 bits per heavy atom. The van der Waals surface area contributed by atoms with Crippen molar-refractivity contribution in [2.75, 3.05) is 11.4 Å². The molecule has 1 aliphatic carbocycles. The summed E-state index contributed by atoms with van der Waals surface area (Å²) >= 11 is 1.88. The van der Waals surface area contributed by atoms with Crippen LogP contribution >= 0.6 is 11.3 Å². The molecule has 2 heterocycles. The van der Waals surface area contributed by atoms with Gasteiger partial charge in [-0.3, -0.25) is 0 Å². The van der Waals surface area contributed by atoms with Gasteiger partial charge in [-0.2, -0.15) is 4.57 Å². The smallest absolute Gasteiger partial charge is 0.263 e. The largest absolute Gasteiger partial charge is 0.439 e. The number of fused-ring (bicyclic) bond motifs is 2. The predicted octanol–water partition coefficient (Wildman–Crippen LogP) is 7.66. The molecule has 0 unspecified atom stereocenters. The molecule has 34 heavy (non-hydrogen) atoms. The molecule has 0 atom stereocenters. The van der Waals surface area contributed by atoms with Crippen molar-refractivity contribution in [3.63, 3.8) is 0 Å². The lowest BCUT2D eigenvalue weighted by Gasteiger charge is -2.30. The Labute approximate surface area is 207 Å². The van der Waals surface area contributed by atoms with Crippen LogP contribution in [-0.2, 0) is 6.54 Å². The molecule has 174 valence electrons. The highest BCUT2D eigenvalue weighted by atomic mass is 32.1. The fourth-order valence-corrected chi connectivity index (χ4v) is 6.31. The summed E-state index contributed by atoms with van der Waals surface area (Å²) in [5, 5.41) is 1.33. The number of ether oxygens (including phenoxy) is 1. The highest BCUT2D eigenvalue weighted by molar-refractivity contribution is 7.18. The molecular weight excluding hydrogens is 436 g/mol. The second-order valence-electron chi connectivity index (χ2n) is 9.79. The number of aromatic nitrogens is 1. The maximum Gasteiger partial charge on any atom is 0.263 e. The number of benzene rings is 2. The molecule has 3 aromatic rings. The third-order valence-corrected chi connectivity index (χ3v) is 7.61. The van der Waals surface area contributed by atoms with Gasteiger partial charge in [-0.05, 0) is 67.5 Å². The fourth-order valence-electron chi connectivity index (χ4n) is 5.11. The molecule has 2 aliphatic rings. The first-order valence-electron chi connectivity index (χ1n) is 12.2. The number of nitrogens with zero attached hydrogens (tertiary/aromatic N) is 2. The number of thiazole rings is 1. The van der Waals surface area contributed by atoms with Gasteiger partial charge in [0.05, 0.1) is 5.69 Å². The van der Waals surface area contributed by atoms with Gasteiger partial charge < -0.3 is 9.64 Å². The SMILES string of the molecule is CCN1/C(=C/C=C/C2=CC(=C\c3sc4ccccc4[n+]3CC)/CC(C)(C)C2)Oc2ccccc21. The molecule has 1 aliphatic heterocycles. The Bertz CT molecular complexity index is 1340. The van der Waals surface area contributed by atoms with E-state index < -0.39 is 0 Å². The van der Waals surface area contributed by atoms with Crippen LogP contribution in [0.5, 0.6) is 5.75 Å². The summed E-state index contributed by atoms with van der Waals surface area (Å²) in [4.78, 5) is 2.22. The van der Waals surface area contributed by atoms with Gasteiger partial charge in [0.15, 0.2) is 5.75 Å². The molecule has 0 saturated carbocycles. The topological polar surface area (TPSA) is 16.4 Å². The zero-order valence-corrected chi connectivity index (χ0v) is 21.4. The van der Waals surface area contributed by atoms with Crippen LogP contribution in [-0.4, -0.2) is 6.54 Å². The first-order chi connectivity index (χ1) is 16.5. The lowest BCUT2D eigenvalue weighted by Crippen LogP contribution is -2.33. The first-order valence-corrected chi connectivity index (χ1v) is 13.0. The van der Waals surface area contributed by atoms with E-state index in [1.807, 2.05) is 23.5 Å². The molecule has 0 saturated heterocycles. The molecule has 4 heteroatoms. The fraction of sp³-hybridized carbons (Fsp3) is 0.300. The van der Waals surface area contributed by atoms with Crippen molar-refractivity contribution in [1.29, 1.82) is 0 Å². The molecule has 0 N–H and O–H groups in total. The average Bonchev–Trinajstić information content (AvgIpc) is 3.34. The zero-order chi connectivity index (χ0) is 23.7. The van der Waals surface area contributed by atoms with Crippen LogP contribution in [0.1, 0.15) is 45.5 Å². The number of rotatable bonds is 5. The van der Waals surface area contributed by atoms with E-state index in [0.717, 1.165) is 43.3 Å². The van der Waals surface area contributed by atoms with Crippen LogP contribution in [0.3, 0.4) is 0 Å². The van der Waals surface area contributed by atoms with Gasteiger partial charge in [0.25, 0.3) is 5.01 Å². The average molecular weight is 470 g/mol. The number of aryl methyl sites for hydroxylation is 1. The lowest BCUT2D eigenvalue weighted by atomic mass is 9.75. The second kappa shape index (κ2) is 9.27. The van der Waals surface area contributed by atoms with Crippen molar-refractivity contribution in [3.8, 4) is 5.75 Å². The molecule has 0 amide bonds. The van der Waals surface area contributed by atoms with E-state index >= 15 is 0 Å². The minimum absolute atomic E-state index is 0.233. The van der Waals surface area contributed by atoms with Crippen molar-refractivity contribution in [2.24, 2.45) is 5.41 Å². The van der Waals surface area contributed by atoms with E-state index in [9.17, 15) is 0 Å². The highest BCUT2D eigenvalue weighted by Gasteiger charge is 2.27. The minimum atomic E-state index is 0.233. The summed E-state index contributed by atoms with van der Waals surface area (Å²) in [5.74, 6) is 1.82. The first kappa shape index (κ1) is 22.7. The molecule has 0 spiro atoms. The maximum atomic E-state index is 6.10. The summed E-state index contributed by atoms with van der Waals surface area (Å²) in [5.41, 5.74) is 5.46. The Hall–Kier alpha value is -3.11. The van der Waals surface area contributed by atoms with Crippen LogP contribution in [0.25, 0.3) is 16.3 Å². The van der Waals surface area contributed by atoms with Gasteiger partial charge in [-0.1, -0.05) is 67.7 Å². The number of allylic oxidation sites excluding steroid dienone is 6. The van der Waals surface area contributed by atoms with E-state index in [4.69, 9.17) is 4.74 Å². The molecule has 0 bridgehead atoms. The summed E-state index contributed by atoms with van der Waals surface area (Å²) in [6, 6.07) is 16.9. The molecule has 2 aromatic carbocycles. The number of anilines is 1. The summed E-state index contributed by atoms with van der Waals surface area (Å²) in [6.45, 7) is 11.0. The van der Waals surface area contributed by atoms with Crippen LogP contribution in [0.4, 0.5) is 5.69 Å². The monoisotopic (exact) mass is 469 g/mol. The van der Waals surface area contributed by atoms with E-state index in [2.05, 4.69) is 104 Å². The Balaban J connectivity index is 1.43. The van der Waals surface area contributed by atoms with Crippen molar-refractivity contribution >= 4 is 33.3 Å². The van der Waals surface area contributed by atoms with Gasteiger partial charge in [0, 0.05) is 18.7 Å². The van der Waals surface area contributed by atoms with Crippen LogP contribution < -0.4 is 14.2 Å². The summed E-state index contributed by atoms with van der Waals surface area (Å²) in [6.07, 6.45) is 13.4. The molecule has 3 nitrogen and oxygen atoms in total. The Kier molecular flexibility index (Phi) is 6.18. The van der Waals surface area contributed by atoms with E-state index in [-0.39, 0.29) is 5.41 Å². The zero-order valence-electron chi connectivity index (χ0n) is 20.5. The van der Waals surface area contributed by atoms with Crippen LogP contribution in [0.2, 0.25) is 0 Å². The second-order valence-corrected chi connectivity index (χ2v) is 10.8. The Morgan fingerprint density at radius 3 is 2.68 bits per heavy atom. The van der Waals surface area contributed by atoms with E-state index in [1.165, 1.54) is 26.4 Å². The van der Waals surface area contributed by atoms with Crippen LogP contribution in [0, 0.1) is 5.41 Å². The van der Waals surface area contributed by atoms with Gasteiger partial charge in [-0.25, -0.2) is 0 Å². The molecule has 0 radical (unpaired) electrons. The third kappa shape index (κ3) is 4.47. The van der Waals surface area contributed by atoms with Crippen LogP contribution in [0.15, 0.2) is 89.9 Å². The third-order valence-electron chi connectivity index (χ3n) is 6.50. The van der Waals surface area contributed by atoms with Crippen molar-refractivity contribution in [2.45, 2.75) is 47.1 Å². The maximum absolute atomic E-state index is 6.10. The molecular formula is C30H33N2OS+. The predicted molar refractivity (Wildman–Crippen MR) is 144 cm³/mol.